The van der Waals surface area contributed by atoms with E-state index in [0.717, 1.165) is 30.8 Å². The van der Waals surface area contributed by atoms with Crippen LogP contribution in [0.5, 0.6) is 5.75 Å². The molecule has 1 aromatic carbocycles. The predicted molar refractivity (Wildman–Crippen MR) is 88.5 cm³/mol. The fourth-order valence-corrected chi connectivity index (χ4v) is 3.69. The minimum atomic E-state index is 0.233. The minimum Gasteiger partial charge on any atom is -0.496 e. The number of nitrogens with zero attached hydrogens (tertiary/aromatic N) is 1. The number of methoxy groups -OCH3 is 1. The van der Waals surface area contributed by atoms with Crippen LogP contribution in [0, 0.1) is 0 Å². The first-order chi connectivity index (χ1) is 10.8. The highest BCUT2D eigenvalue weighted by atomic mass is 16.5. The molecule has 0 aliphatic carbocycles. The number of hydrogen-bond donors (Lipinski definition) is 1. The highest BCUT2D eigenvalue weighted by molar-refractivity contribution is 5.91. The Kier molecular flexibility index (Phi) is 4.21. The highest BCUT2D eigenvalue weighted by Crippen LogP contribution is 2.41. The molecule has 1 atom stereocenters. The molecule has 0 radical (unpaired) electrons. The summed E-state index contributed by atoms with van der Waals surface area (Å²) in [7, 11) is 1.72. The van der Waals surface area contributed by atoms with E-state index in [9.17, 15) is 4.79 Å². The summed E-state index contributed by atoms with van der Waals surface area (Å²) in [6, 6.07) is 6.34. The van der Waals surface area contributed by atoms with Crippen LogP contribution in [0.3, 0.4) is 0 Å². The monoisotopic (exact) mass is 300 g/mol. The molecule has 2 aliphatic heterocycles. The van der Waals surface area contributed by atoms with Gasteiger partial charge in [0.1, 0.15) is 11.5 Å². The van der Waals surface area contributed by atoms with E-state index in [1.165, 1.54) is 16.6 Å². The lowest BCUT2D eigenvalue weighted by molar-refractivity contribution is -0.123. The maximum atomic E-state index is 11.8. The SMILES string of the molecule is CC.COc1cccc2[nH]c3c(c12)CCN1CCC(=O)CC31. The topological polar surface area (TPSA) is 45.3 Å². The van der Waals surface area contributed by atoms with Crippen LogP contribution < -0.4 is 4.74 Å². The van der Waals surface area contributed by atoms with Crippen LogP contribution in [-0.4, -0.2) is 35.9 Å². The Hall–Kier alpha value is -1.81. The summed E-state index contributed by atoms with van der Waals surface area (Å²) < 4.78 is 5.51. The lowest BCUT2D eigenvalue weighted by Crippen LogP contribution is -2.41. The molecule has 0 bridgehead atoms. The third kappa shape index (κ3) is 2.31. The zero-order valence-electron chi connectivity index (χ0n) is 13.6. The molecule has 0 amide bonds. The lowest BCUT2D eigenvalue weighted by atomic mass is 9.90. The van der Waals surface area contributed by atoms with Crippen LogP contribution in [0.15, 0.2) is 18.2 Å². The first-order valence-corrected chi connectivity index (χ1v) is 8.21. The Labute approximate surface area is 131 Å². The van der Waals surface area contributed by atoms with Gasteiger partial charge in [-0.1, -0.05) is 19.9 Å². The fourth-order valence-electron chi connectivity index (χ4n) is 3.69. The van der Waals surface area contributed by atoms with Crippen molar-refractivity contribution in [2.24, 2.45) is 0 Å². The van der Waals surface area contributed by atoms with Crippen LogP contribution in [-0.2, 0) is 11.2 Å². The Morgan fingerprint density at radius 3 is 2.77 bits per heavy atom. The molecule has 4 nitrogen and oxygen atoms in total. The zero-order valence-corrected chi connectivity index (χ0v) is 13.6. The molecule has 1 aromatic heterocycles. The van der Waals surface area contributed by atoms with Gasteiger partial charge < -0.3 is 9.72 Å². The molecule has 118 valence electrons. The maximum Gasteiger partial charge on any atom is 0.136 e. The Morgan fingerprint density at radius 2 is 2.00 bits per heavy atom. The summed E-state index contributed by atoms with van der Waals surface area (Å²) in [5.41, 5.74) is 3.69. The molecule has 4 rings (SSSR count). The van der Waals surface area contributed by atoms with E-state index in [2.05, 4.69) is 16.0 Å². The molecular weight excluding hydrogens is 276 g/mol. The van der Waals surface area contributed by atoms with E-state index >= 15 is 0 Å². The average Bonchev–Trinajstić information content (AvgIpc) is 2.96. The normalized spacial score (nSPS) is 20.9. The number of benzene rings is 1. The number of H-pyrrole nitrogens is 1. The summed E-state index contributed by atoms with van der Waals surface area (Å²) >= 11 is 0. The van der Waals surface area contributed by atoms with E-state index in [4.69, 9.17) is 4.74 Å². The molecule has 1 unspecified atom stereocenters. The van der Waals surface area contributed by atoms with Gasteiger partial charge in [0.2, 0.25) is 0 Å². The van der Waals surface area contributed by atoms with Crippen molar-refractivity contribution in [3.63, 3.8) is 0 Å². The van der Waals surface area contributed by atoms with E-state index < -0.39 is 0 Å². The summed E-state index contributed by atoms with van der Waals surface area (Å²) in [6.45, 7) is 5.94. The number of carbonyl (C=O) groups excluding carboxylic acids is 1. The molecule has 3 heterocycles. The van der Waals surface area contributed by atoms with Crippen molar-refractivity contribution in [3.8, 4) is 5.75 Å². The Balaban J connectivity index is 0.000000693. The van der Waals surface area contributed by atoms with Crippen molar-refractivity contribution in [2.75, 3.05) is 20.2 Å². The number of rotatable bonds is 1. The van der Waals surface area contributed by atoms with Gasteiger partial charge in [0.25, 0.3) is 0 Å². The lowest BCUT2D eigenvalue weighted by Gasteiger charge is -2.38. The van der Waals surface area contributed by atoms with Crippen LogP contribution in [0.2, 0.25) is 0 Å². The molecule has 1 saturated heterocycles. The van der Waals surface area contributed by atoms with Crippen molar-refractivity contribution in [3.05, 3.63) is 29.5 Å². The van der Waals surface area contributed by atoms with Gasteiger partial charge in [-0.05, 0) is 24.1 Å². The first-order valence-electron chi connectivity index (χ1n) is 8.21. The Bertz CT molecular complexity index is 690. The number of aromatic amines is 1. The van der Waals surface area contributed by atoms with E-state index in [1.54, 1.807) is 7.11 Å². The van der Waals surface area contributed by atoms with Gasteiger partial charge in [-0.25, -0.2) is 0 Å². The number of fused-ring (bicyclic) bond motifs is 5. The highest BCUT2D eigenvalue weighted by Gasteiger charge is 2.35. The molecule has 4 heteroatoms. The first kappa shape index (κ1) is 15.1. The molecule has 0 saturated carbocycles. The summed E-state index contributed by atoms with van der Waals surface area (Å²) in [5.74, 6) is 1.31. The van der Waals surface area contributed by atoms with Gasteiger partial charge in [0, 0.05) is 42.5 Å². The van der Waals surface area contributed by atoms with Gasteiger partial charge >= 0.3 is 0 Å². The second-order valence-electron chi connectivity index (χ2n) is 5.69. The number of hydrogen-bond acceptors (Lipinski definition) is 3. The number of Topliss-reactive ketones (excluding diaryl/α,β-unsaturated/α-hetero) is 1. The second-order valence-corrected chi connectivity index (χ2v) is 5.69. The number of ketones is 1. The summed E-state index contributed by atoms with van der Waals surface area (Å²) in [5, 5.41) is 1.20. The number of nitrogens with one attached hydrogen (secondary N) is 1. The van der Waals surface area contributed by atoms with Gasteiger partial charge in [0.05, 0.1) is 13.2 Å². The predicted octanol–water partition coefficient (Wildman–Crippen LogP) is 3.46. The molecule has 2 aliphatic rings. The van der Waals surface area contributed by atoms with Crippen molar-refractivity contribution in [1.82, 2.24) is 9.88 Å². The summed E-state index contributed by atoms with van der Waals surface area (Å²) in [6.07, 6.45) is 2.37. The molecule has 2 aromatic rings. The number of ether oxygens (including phenoxy) is 1. The van der Waals surface area contributed by atoms with E-state index in [-0.39, 0.29) is 6.04 Å². The molecular formula is C18H24N2O2. The molecule has 1 fully saturated rings. The third-order valence-electron chi connectivity index (χ3n) is 4.66. The number of piperidine rings is 1. The van der Waals surface area contributed by atoms with Gasteiger partial charge in [-0.15, -0.1) is 0 Å². The largest absolute Gasteiger partial charge is 0.496 e. The maximum absolute atomic E-state index is 11.8. The van der Waals surface area contributed by atoms with Crippen molar-refractivity contribution >= 4 is 16.7 Å². The van der Waals surface area contributed by atoms with Crippen LogP contribution in [0.1, 0.15) is 44.0 Å². The molecule has 0 spiro atoms. The number of carbonyl (C=O) groups is 1. The van der Waals surface area contributed by atoms with E-state index in [1.807, 2.05) is 26.0 Å². The minimum absolute atomic E-state index is 0.233. The zero-order chi connectivity index (χ0) is 15.7. The average molecular weight is 300 g/mol. The second kappa shape index (κ2) is 6.13. The summed E-state index contributed by atoms with van der Waals surface area (Å²) in [4.78, 5) is 17.8. The van der Waals surface area contributed by atoms with Gasteiger partial charge in [-0.3, -0.25) is 9.69 Å². The number of aromatic nitrogens is 1. The smallest absolute Gasteiger partial charge is 0.136 e. The van der Waals surface area contributed by atoms with Crippen molar-refractivity contribution in [1.29, 1.82) is 0 Å². The van der Waals surface area contributed by atoms with Crippen LogP contribution in [0.25, 0.3) is 10.9 Å². The van der Waals surface area contributed by atoms with Crippen molar-refractivity contribution in [2.45, 2.75) is 39.2 Å². The molecule has 22 heavy (non-hydrogen) atoms. The Morgan fingerprint density at radius 1 is 1.23 bits per heavy atom. The van der Waals surface area contributed by atoms with Crippen molar-refractivity contribution < 1.29 is 9.53 Å². The van der Waals surface area contributed by atoms with Crippen LogP contribution >= 0.6 is 0 Å². The van der Waals surface area contributed by atoms with Gasteiger partial charge in [0.15, 0.2) is 0 Å². The third-order valence-corrected chi connectivity index (χ3v) is 4.66. The van der Waals surface area contributed by atoms with E-state index in [0.29, 0.717) is 18.6 Å². The standard InChI is InChI=1S/C16H18N2O2.C2H6/c1-20-14-4-2-3-12-15(14)11-6-8-18-7-5-10(19)9-13(18)16(11)17-12;1-2/h2-4,13,17H,5-9H2,1H3;1-2H3. The van der Waals surface area contributed by atoms with Crippen LogP contribution in [0.4, 0.5) is 0 Å². The quantitative estimate of drug-likeness (QED) is 0.877. The molecule has 1 N–H and O–H groups in total. The van der Waals surface area contributed by atoms with Gasteiger partial charge in [-0.2, -0.15) is 0 Å². The fraction of sp³-hybridized carbons (Fsp3) is 0.500.